The standard InChI is InChI=1S/C19H28N2/c1-2-3-4-5-6-7-8-11-18(20)16-12-13-19-17(15-16)10-9-14-21-19/h9-10,12-15,18H,2-8,11,20H2,1H3. The lowest BCUT2D eigenvalue weighted by Crippen LogP contribution is -2.10. The molecule has 2 rings (SSSR count). The van der Waals surface area contributed by atoms with E-state index in [1.165, 1.54) is 55.9 Å². The van der Waals surface area contributed by atoms with E-state index in [1.807, 2.05) is 12.3 Å². The second-order valence-corrected chi connectivity index (χ2v) is 5.97. The van der Waals surface area contributed by atoms with Crippen molar-refractivity contribution in [3.8, 4) is 0 Å². The Kier molecular flexibility index (Phi) is 6.68. The Morgan fingerprint density at radius 2 is 1.76 bits per heavy atom. The summed E-state index contributed by atoms with van der Waals surface area (Å²) in [5.41, 5.74) is 8.61. The van der Waals surface area contributed by atoms with Gasteiger partial charge < -0.3 is 5.73 Å². The molecule has 2 N–H and O–H groups in total. The lowest BCUT2D eigenvalue weighted by molar-refractivity contribution is 0.541. The van der Waals surface area contributed by atoms with Gasteiger partial charge in [0.1, 0.15) is 0 Å². The molecule has 0 aliphatic rings. The molecule has 1 unspecified atom stereocenters. The van der Waals surface area contributed by atoms with Crippen LogP contribution in [0.3, 0.4) is 0 Å². The molecule has 0 aliphatic heterocycles. The second kappa shape index (κ2) is 8.78. The number of nitrogens with two attached hydrogens (primary N) is 1. The first-order chi connectivity index (χ1) is 10.3. The number of nitrogens with zero attached hydrogens (tertiary/aromatic N) is 1. The van der Waals surface area contributed by atoms with E-state index in [-0.39, 0.29) is 6.04 Å². The minimum absolute atomic E-state index is 0.158. The van der Waals surface area contributed by atoms with Crippen LogP contribution in [-0.4, -0.2) is 4.98 Å². The van der Waals surface area contributed by atoms with Crippen molar-refractivity contribution in [2.24, 2.45) is 5.73 Å². The molecule has 0 radical (unpaired) electrons. The molecule has 114 valence electrons. The van der Waals surface area contributed by atoms with Crippen molar-refractivity contribution in [3.63, 3.8) is 0 Å². The maximum absolute atomic E-state index is 6.33. The van der Waals surface area contributed by atoms with Crippen LogP contribution in [0.5, 0.6) is 0 Å². The zero-order valence-electron chi connectivity index (χ0n) is 13.2. The highest BCUT2D eigenvalue weighted by molar-refractivity contribution is 5.79. The summed E-state index contributed by atoms with van der Waals surface area (Å²) in [6.45, 7) is 2.26. The molecule has 0 saturated heterocycles. The Balaban J connectivity index is 1.75. The highest BCUT2D eigenvalue weighted by atomic mass is 14.7. The van der Waals surface area contributed by atoms with Crippen LogP contribution in [0.1, 0.15) is 69.9 Å². The van der Waals surface area contributed by atoms with Gasteiger partial charge in [-0.3, -0.25) is 4.98 Å². The Morgan fingerprint density at radius 3 is 2.57 bits per heavy atom. The van der Waals surface area contributed by atoms with E-state index in [1.54, 1.807) is 0 Å². The van der Waals surface area contributed by atoms with Crippen LogP contribution in [0, 0.1) is 0 Å². The molecule has 2 heteroatoms. The highest BCUT2D eigenvalue weighted by Gasteiger charge is 2.06. The predicted molar refractivity (Wildman–Crippen MR) is 91.3 cm³/mol. The topological polar surface area (TPSA) is 38.9 Å². The number of rotatable bonds is 9. The van der Waals surface area contributed by atoms with Gasteiger partial charge in [0.15, 0.2) is 0 Å². The van der Waals surface area contributed by atoms with Crippen LogP contribution in [0.25, 0.3) is 10.9 Å². The number of hydrogen-bond donors (Lipinski definition) is 1. The van der Waals surface area contributed by atoms with Crippen LogP contribution in [0.2, 0.25) is 0 Å². The third-order valence-electron chi connectivity index (χ3n) is 4.17. The molecule has 0 fully saturated rings. The monoisotopic (exact) mass is 284 g/mol. The number of unbranched alkanes of at least 4 members (excludes halogenated alkanes) is 6. The van der Waals surface area contributed by atoms with E-state index in [0.717, 1.165) is 11.9 Å². The van der Waals surface area contributed by atoms with Crippen molar-refractivity contribution in [3.05, 3.63) is 42.1 Å². The van der Waals surface area contributed by atoms with Gasteiger partial charge in [-0.05, 0) is 30.2 Å². The van der Waals surface area contributed by atoms with E-state index in [4.69, 9.17) is 5.73 Å². The number of hydrogen-bond acceptors (Lipinski definition) is 2. The van der Waals surface area contributed by atoms with Crippen molar-refractivity contribution < 1.29 is 0 Å². The molecule has 0 saturated carbocycles. The maximum Gasteiger partial charge on any atom is 0.0702 e. The molecular weight excluding hydrogens is 256 g/mol. The normalized spacial score (nSPS) is 12.7. The van der Waals surface area contributed by atoms with Gasteiger partial charge in [-0.2, -0.15) is 0 Å². The smallest absolute Gasteiger partial charge is 0.0702 e. The van der Waals surface area contributed by atoms with E-state index in [9.17, 15) is 0 Å². The second-order valence-electron chi connectivity index (χ2n) is 5.97. The van der Waals surface area contributed by atoms with Crippen molar-refractivity contribution in [2.45, 2.75) is 64.3 Å². The van der Waals surface area contributed by atoms with Gasteiger partial charge >= 0.3 is 0 Å². The maximum atomic E-state index is 6.33. The van der Waals surface area contributed by atoms with Gasteiger partial charge in [-0.15, -0.1) is 0 Å². The number of aromatic nitrogens is 1. The van der Waals surface area contributed by atoms with Crippen molar-refractivity contribution in [1.29, 1.82) is 0 Å². The molecule has 2 nitrogen and oxygen atoms in total. The first kappa shape index (κ1) is 16.0. The van der Waals surface area contributed by atoms with E-state index < -0.39 is 0 Å². The van der Waals surface area contributed by atoms with Gasteiger partial charge in [0, 0.05) is 17.6 Å². The molecule has 1 aromatic carbocycles. The zero-order chi connectivity index (χ0) is 14.9. The number of benzene rings is 1. The zero-order valence-corrected chi connectivity index (χ0v) is 13.2. The Morgan fingerprint density at radius 1 is 1.00 bits per heavy atom. The molecule has 1 atom stereocenters. The third-order valence-corrected chi connectivity index (χ3v) is 4.17. The van der Waals surface area contributed by atoms with Crippen molar-refractivity contribution in [1.82, 2.24) is 4.98 Å². The molecule has 0 amide bonds. The number of pyridine rings is 1. The summed E-state index contributed by atoms with van der Waals surface area (Å²) < 4.78 is 0. The highest BCUT2D eigenvalue weighted by Crippen LogP contribution is 2.22. The molecule has 0 aliphatic carbocycles. The Bertz CT molecular complexity index is 536. The molecule has 1 heterocycles. The summed E-state index contributed by atoms with van der Waals surface area (Å²) in [6.07, 6.45) is 12.3. The predicted octanol–water partition coefficient (Wildman–Crippen LogP) is 5.38. The quantitative estimate of drug-likeness (QED) is 0.628. The van der Waals surface area contributed by atoms with Gasteiger partial charge in [-0.25, -0.2) is 0 Å². The Hall–Kier alpha value is -1.41. The molecule has 1 aromatic heterocycles. The first-order valence-corrected chi connectivity index (χ1v) is 8.41. The molecule has 21 heavy (non-hydrogen) atoms. The lowest BCUT2D eigenvalue weighted by atomic mass is 9.99. The fourth-order valence-corrected chi connectivity index (χ4v) is 2.81. The molecular formula is C19H28N2. The molecule has 0 spiro atoms. The van der Waals surface area contributed by atoms with Crippen LogP contribution in [0.4, 0.5) is 0 Å². The van der Waals surface area contributed by atoms with Gasteiger partial charge in [0.25, 0.3) is 0 Å². The van der Waals surface area contributed by atoms with Crippen LogP contribution < -0.4 is 5.73 Å². The first-order valence-electron chi connectivity index (χ1n) is 8.41. The van der Waals surface area contributed by atoms with Crippen LogP contribution >= 0.6 is 0 Å². The minimum atomic E-state index is 0.158. The summed E-state index contributed by atoms with van der Waals surface area (Å²) in [7, 11) is 0. The molecule has 0 bridgehead atoms. The van der Waals surface area contributed by atoms with E-state index in [2.05, 4.69) is 36.2 Å². The summed E-state index contributed by atoms with van der Waals surface area (Å²) in [5.74, 6) is 0. The summed E-state index contributed by atoms with van der Waals surface area (Å²) in [4.78, 5) is 4.35. The average Bonchev–Trinajstić information content (AvgIpc) is 2.53. The average molecular weight is 284 g/mol. The molecule has 2 aromatic rings. The summed E-state index contributed by atoms with van der Waals surface area (Å²) in [5, 5.41) is 1.19. The third kappa shape index (κ3) is 5.13. The van der Waals surface area contributed by atoms with Gasteiger partial charge in [-0.1, -0.05) is 64.0 Å². The minimum Gasteiger partial charge on any atom is -0.324 e. The van der Waals surface area contributed by atoms with Crippen molar-refractivity contribution in [2.75, 3.05) is 0 Å². The largest absolute Gasteiger partial charge is 0.324 e. The summed E-state index contributed by atoms with van der Waals surface area (Å²) in [6, 6.07) is 10.6. The van der Waals surface area contributed by atoms with Crippen molar-refractivity contribution >= 4 is 10.9 Å². The van der Waals surface area contributed by atoms with Gasteiger partial charge in [0.2, 0.25) is 0 Å². The van der Waals surface area contributed by atoms with E-state index in [0.29, 0.717) is 0 Å². The fraction of sp³-hybridized carbons (Fsp3) is 0.526. The SMILES string of the molecule is CCCCCCCCCC(N)c1ccc2ncccc2c1. The Labute approximate surface area is 128 Å². The lowest BCUT2D eigenvalue weighted by Gasteiger charge is -2.12. The van der Waals surface area contributed by atoms with Gasteiger partial charge in [0.05, 0.1) is 5.52 Å². The van der Waals surface area contributed by atoms with E-state index >= 15 is 0 Å². The fourth-order valence-electron chi connectivity index (χ4n) is 2.81. The summed E-state index contributed by atoms with van der Waals surface area (Å²) >= 11 is 0. The number of fused-ring (bicyclic) bond motifs is 1. The van der Waals surface area contributed by atoms with Crippen LogP contribution in [0.15, 0.2) is 36.5 Å². The van der Waals surface area contributed by atoms with Crippen LogP contribution in [-0.2, 0) is 0 Å².